The molecule has 1 aliphatic carbocycles. The summed E-state index contributed by atoms with van der Waals surface area (Å²) in [7, 11) is 0. The first-order chi connectivity index (χ1) is 17.9. The van der Waals surface area contributed by atoms with Crippen LogP contribution in [0, 0.1) is 25.7 Å². The van der Waals surface area contributed by atoms with Gasteiger partial charge in [-0.05, 0) is 107 Å². The quantitative estimate of drug-likeness (QED) is 0.350. The Bertz CT molecular complexity index is 1120. The topological polar surface area (TPSA) is 96.5 Å². The highest BCUT2D eigenvalue weighted by molar-refractivity contribution is 9.10. The molecule has 2 aromatic rings. The van der Waals surface area contributed by atoms with Crippen LogP contribution in [0.15, 0.2) is 46.9 Å². The van der Waals surface area contributed by atoms with E-state index < -0.39 is 17.7 Å². The molecule has 3 rings (SSSR count). The zero-order valence-electron chi connectivity index (χ0n) is 23.0. The number of aryl methyl sites for hydroxylation is 2. The molecule has 2 aromatic carbocycles. The van der Waals surface area contributed by atoms with Gasteiger partial charge in [0.2, 0.25) is 11.8 Å². The molecule has 1 fully saturated rings. The van der Waals surface area contributed by atoms with Crippen molar-refractivity contribution < 1.29 is 19.1 Å². The normalized spacial score (nSPS) is 18.3. The summed E-state index contributed by atoms with van der Waals surface area (Å²) in [6.07, 6.45) is 3.08. The van der Waals surface area contributed by atoms with E-state index in [1.807, 2.05) is 77.1 Å². The third kappa shape index (κ3) is 9.46. The van der Waals surface area contributed by atoms with Crippen molar-refractivity contribution in [1.82, 2.24) is 10.6 Å². The lowest BCUT2D eigenvalue weighted by Crippen LogP contribution is -2.48. The number of halogens is 1. The lowest BCUT2D eigenvalue weighted by molar-refractivity contribution is -0.130. The molecule has 8 heteroatoms. The molecule has 0 heterocycles. The lowest BCUT2D eigenvalue weighted by Gasteiger charge is -2.29. The summed E-state index contributed by atoms with van der Waals surface area (Å²) in [5, 5.41) is 8.86. The van der Waals surface area contributed by atoms with Gasteiger partial charge in [-0.15, -0.1) is 0 Å². The maximum atomic E-state index is 13.3. The highest BCUT2D eigenvalue weighted by Gasteiger charge is 2.30. The van der Waals surface area contributed by atoms with E-state index in [1.54, 1.807) is 0 Å². The minimum absolute atomic E-state index is 0.0964. The molecular weight excluding hydrogens is 546 g/mol. The SMILES string of the molecule is Cc1ccc(NC(=O)C(Cc2ccc(Br)cc2)NC(=O)C2CCC(CNC(=O)OC(C)(C)C)CC2)cc1C. The van der Waals surface area contributed by atoms with Gasteiger partial charge in [0, 0.05) is 29.0 Å². The maximum absolute atomic E-state index is 13.3. The smallest absolute Gasteiger partial charge is 0.407 e. The van der Waals surface area contributed by atoms with Crippen LogP contribution < -0.4 is 16.0 Å². The van der Waals surface area contributed by atoms with Crippen LogP contribution in [0.5, 0.6) is 0 Å². The fraction of sp³-hybridized carbons (Fsp3) is 0.500. The Morgan fingerprint density at radius 3 is 2.24 bits per heavy atom. The highest BCUT2D eigenvalue weighted by Crippen LogP contribution is 2.29. The van der Waals surface area contributed by atoms with Crippen molar-refractivity contribution in [3.63, 3.8) is 0 Å². The highest BCUT2D eigenvalue weighted by atomic mass is 79.9. The van der Waals surface area contributed by atoms with Crippen LogP contribution in [0.25, 0.3) is 0 Å². The standard InChI is InChI=1S/C30H40BrN3O4/c1-19-6-15-25(16-20(19)2)33-28(36)26(17-21-9-13-24(31)14-10-21)34-27(35)23-11-7-22(8-12-23)18-32-29(37)38-30(3,4)5/h6,9-10,13-16,22-23,26H,7-8,11-12,17-18H2,1-5H3,(H,32,37)(H,33,36)(H,34,35). The molecule has 206 valence electrons. The van der Waals surface area contributed by atoms with Gasteiger partial charge in [-0.3, -0.25) is 9.59 Å². The summed E-state index contributed by atoms with van der Waals surface area (Å²) in [4.78, 5) is 38.5. The van der Waals surface area contributed by atoms with Crippen molar-refractivity contribution >= 4 is 39.5 Å². The average molecular weight is 587 g/mol. The van der Waals surface area contributed by atoms with Crippen LogP contribution in [0.3, 0.4) is 0 Å². The molecule has 0 bridgehead atoms. The lowest BCUT2D eigenvalue weighted by atomic mass is 9.81. The predicted molar refractivity (Wildman–Crippen MR) is 154 cm³/mol. The van der Waals surface area contributed by atoms with Gasteiger partial charge in [0.15, 0.2) is 0 Å². The van der Waals surface area contributed by atoms with Crippen molar-refractivity contribution in [2.45, 2.75) is 78.4 Å². The van der Waals surface area contributed by atoms with Crippen molar-refractivity contribution in [1.29, 1.82) is 0 Å². The number of alkyl carbamates (subject to hydrolysis) is 1. The predicted octanol–water partition coefficient (Wildman–Crippen LogP) is 6.06. The van der Waals surface area contributed by atoms with E-state index in [0.717, 1.165) is 46.8 Å². The molecule has 1 unspecified atom stereocenters. The van der Waals surface area contributed by atoms with E-state index in [0.29, 0.717) is 24.6 Å². The Labute approximate surface area is 234 Å². The molecule has 0 radical (unpaired) electrons. The summed E-state index contributed by atoms with van der Waals surface area (Å²) < 4.78 is 6.27. The number of rotatable bonds is 8. The van der Waals surface area contributed by atoms with Gasteiger partial charge in [-0.25, -0.2) is 4.79 Å². The first-order valence-corrected chi connectivity index (χ1v) is 14.1. The van der Waals surface area contributed by atoms with Crippen LogP contribution in [0.1, 0.15) is 63.1 Å². The second kappa shape index (κ2) is 13.3. The molecule has 0 saturated heterocycles. The minimum Gasteiger partial charge on any atom is -0.444 e. The minimum atomic E-state index is -0.697. The molecule has 3 amide bonds. The third-order valence-electron chi connectivity index (χ3n) is 6.91. The van der Waals surface area contributed by atoms with Gasteiger partial charge < -0.3 is 20.7 Å². The molecule has 3 N–H and O–H groups in total. The summed E-state index contributed by atoms with van der Waals surface area (Å²) in [6.45, 7) is 10.1. The molecule has 1 atom stereocenters. The van der Waals surface area contributed by atoms with Gasteiger partial charge in [0.1, 0.15) is 11.6 Å². The first-order valence-electron chi connectivity index (χ1n) is 13.3. The van der Waals surface area contributed by atoms with E-state index in [2.05, 4.69) is 31.9 Å². The Morgan fingerprint density at radius 1 is 0.974 bits per heavy atom. The summed E-state index contributed by atoms with van der Waals surface area (Å²) in [6, 6.07) is 12.9. The number of hydrogen-bond donors (Lipinski definition) is 3. The number of amides is 3. The van der Waals surface area contributed by atoms with Crippen molar-refractivity contribution in [3.05, 3.63) is 63.6 Å². The van der Waals surface area contributed by atoms with Crippen molar-refractivity contribution in [2.75, 3.05) is 11.9 Å². The number of carbonyl (C=O) groups is 3. The summed E-state index contributed by atoms with van der Waals surface area (Å²) in [5.41, 5.74) is 3.39. The zero-order chi connectivity index (χ0) is 27.9. The van der Waals surface area contributed by atoms with E-state index in [1.165, 1.54) is 0 Å². The fourth-order valence-electron chi connectivity index (χ4n) is 4.57. The number of hydrogen-bond acceptors (Lipinski definition) is 4. The van der Waals surface area contributed by atoms with E-state index >= 15 is 0 Å². The van der Waals surface area contributed by atoms with E-state index in [9.17, 15) is 14.4 Å². The Kier molecular flexibility index (Phi) is 10.4. The number of nitrogens with one attached hydrogen (secondary N) is 3. The number of anilines is 1. The van der Waals surface area contributed by atoms with Crippen LogP contribution in [0.4, 0.5) is 10.5 Å². The monoisotopic (exact) mass is 585 g/mol. The molecule has 0 aromatic heterocycles. The summed E-state index contributed by atoms with van der Waals surface area (Å²) >= 11 is 3.45. The molecule has 0 aliphatic heterocycles. The zero-order valence-corrected chi connectivity index (χ0v) is 24.6. The van der Waals surface area contributed by atoms with Crippen LogP contribution >= 0.6 is 15.9 Å². The van der Waals surface area contributed by atoms with Gasteiger partial charge in [0.25, 0.3) is 0 Å². The second-order valence-electron chi connectivity index (χ2n) is 11.3. The van der Waals surface area contributed by atoms with Crippen molar-refractivity contribution in [2.24, 2.45) is 11.8 Å². The number of carbonyl (C=O) groups excluding carboxylic acids is 3. The molecular formula is C30H40BrN3O4. The van der Waals surface area contributed by atoms with Gasteiger partial charge in [0.05, 0.1) is 0 Å². The molecule has 1 saturated carbocycles. The van der Waals surface area contributed by atoms with Crippen LogP contribution in [-0.4, -0.2) is 36.1 Å². The molecule has 1 aliphatic rings. The molecule has 38 heavy (non-hydrogen) atoms. The second-order valence-corrected chi connectivity index (χ2v) is 12.2. The average Bonchev–Trinajstić information content (AvgIpc) is 2.85. The van der Waals surface area contributed by atoms with Gasteiger partial charge in [-0.2, -0.15) is 0 Å². The maximum Gasteiger partial charge on any atom is 0.407 e. The third-order valence-corrected chi connectivity index (χ3v) is 7.44. The largest absolute Gasteiger partial charge is 0.444 e. The molecule has 0 spiro atoms. The Hall–Kier alpha value is -2.87. The Morgan fingerprint density at radius 2 is 1.63 bits per heavy atom. The first kappa shape index (κ1) is 29.7. The Balaban J connectivity index is 1.59. The number of ether oxygens (including phenoxy) is 1. The van der Waals surface area contributed by atoms with E-state index in [-0.39, 0.29) is 17.7 Å². The fourth-order valence-corrected chi connectivity index (χ4v) is 4.84. The number of benzene rings is 2. The van der Waals surface area contributed by atoms with E-state index in [4.69, 9.17) is 4.74 Å². The summed E-state index contributed by atoms with van der Waals surface area (Å²) in [5.74, 6) is -0.187. The van der Waals surface area contributed by atoms with Crippen molar-refractivity contribution in [3.8, 4) is 0 Å². The van der Waals surface area contributed by atoms with Gasteiger partial charge >= 0.3 is 6.09 Å². The van der Waals surface area contributed by atoms with Crippen LogP contribution in [-0.2, 0) is 20.7 Å². The molecule has 7 nitrogen and oxygen atoms in total. The van der Waals surface area contributed by atoms with Gasteiger partial charge in [-0.1, -0.05) is 34.1 Å². The van der Waals surface area contributed by atoms with Crippen LogP contribution in [0.2, 0.25) is 0 Å².